The molecular weight excluding hydrogens is 1150 g/mol. The number of rotatable bonds is 65. The second-order valence-electron chi connectivity index (χ2n) is 26.2. The maximum atomic E-state index is 13.0. The summed E-state index contributed by atoms with van der Waals surface area (Å²) in [4.78, 5) is 72.4. The van der Waals surface area contributed by atoms with Gasteiger partial charge in [-0.15, -0.1) is 0 Å². The Labute approximate surface area is 530 Å². The average molecular weight is 1280 g/mol. The maximum Gasteiger partial charge on any atom is 0.472 e. The zero-order chi connectivity index (χ0) is 64.7. The first-order valence-electron chi connectivity index (χ1n) is 35.2. The number of aliphatic hydroxyl groups is 1. The molecular formula is C68H132O17P2. The van der Waals surface area contributed by atoms with E-state index in [1.165, 1.54) is 128 Å². The monoisotopic (exact) mass is 1280 g/mol. The molecule has 6 atom stereocenters. The number of phosphoric acid groups is 2. The first kappa shape index (κ1) is 85.1. The summed E-state index contributed by atoms with van der Waals surface area (Å²) in [6.45, 7) is 14.0. The Morgan fingerprint density at radius 2 is 0.552 bits per heavy atom. The van der Waals surface area contributed by atoms with Crippen molar-refractivity contribution >= 4 is 39.5 Å². The predicted octanol–water partition coefficient (Wildman–Crippen LogP) is 18.9. The molecule has 3 unspecified atom stereocenters. The third-order valence-electron chi connectivity index (χ3n) is 15.9. The molecule has 0 aromatic carbocycles. The molecule has 3 N–H and O–H groups in total. The number of esters is 4. The van der Waals surface area contributed by atoms with E-state index in [4.69, 9.17) is 37.0 Å². The van der Waals surface area contributed by atoms with Crippen LogP contribution in [0, 0.1) is 23.7 Å². The molecule has 0 aliphatic heterocycles. The molecule has 0 bridgehead atoms. The Morgan fingerprint density at radius 1 is 0.322 bits per heavy atom. The van der Waals surface area contributed by atoms with Gasteiger partial charge in [-0.25, -0.2) is 9.13 Å². The molecule has 516 valence electrons. The highest BCUT2D eigenvalue weighted by atomic mass is 31.2. The van der Waals surface area contributed by atoms with E-state index in [0.717, 1.165) is 114 Å². The maximum absolute atomic E-state index is 13.0. The van der Waals surface area contributed by atoms with Gasteiger partial charge in [-0.3, -0.25) is 37.3 Å². The zero-order valence-electron chi connectivity index (χ0n) is 56.6. The van der Waals surface area contributed by atoms with Crippen molar-refractivity contribution in [1.29, 1.82) is 0 Å². The van der Waals surface area contributed by atoms with Crippen LogP contribution in [0.3, 0.4) is 0 Å². The molecule has 0 rings (SSSR count). The van der Waals surface area contributed by atoms with Gasteiger partial charge in [0.05, 0.1) is 26.4 Å². The number of carbonyl (C=O) groups excluding carboxylic acids is 4. The van der Waals surface area contributed by atoms with Crippen molar-refractivity contribution in [2.75, 3.05) is 39.6 Å². The van der Waals surface area contributed by atoms with Crippen molar-refractivity contribution in [3.8, 4) is 0 Å². The summed E-state index contributed by atoms with van der Waals surface area (Å²) in [6, 6.07) is 0. The lowest BCUT2D eigenvalue weighted by Crippen LogP contribution is -2.30. The topological polar surface area (TPSA) is 237 Å². The third-order valence-corrected chi connectivity index (χ3v) is 17.8. The summed E-state index contributed by atoms with van der Waals surface area (Å²) in [7, 11) is -9.90. The van der Waals surface area contributed by atoms with Gasteiger partial charge in [0.15, 0.2) is 12.2 Å². The third kappa shape index (κ3) is 61.3. The van der Waals surface area contributed by atoms with Crippen molar-refractivity contribution in [3.63, 3.8) is 0 Å². The summed E-state index contributed by atoms with van der Waals surface area (Å²) in [5.41, 5.74) is 0. The van der Waals surface area contributed by atoms with Gasteiger partial charge in [-0.05, 0) is 49.4 Å². The van der Waals surface area contributed by atoms with Crippen molar-refractivity contribution in [3.05, 3.63) is 0 Å². The fraction of sp³-hybridized carbons (Fsp3) is 0.941. The molecule has 0 aromatic heterocycles. The summed E-state index contributed by atoms with van der Waals surface area (Å²) in [6.07, 6.45) is 39.0. The van der Waals surface area contributed by atoms with Crippen LogP contribution in [0.15, 0.2) is 0 Å². The van der Waals surface area contributed by atoms with Gasteiger partial charge in [0, 0.05) is 25.7 Å². The second-order valence-corrected chi connectivity index (χ2v) is 29.1. The number of aliphatic hydroxyl groups excluding tert-OH is 1. The molecule has 17 nitrogen and oxygen atoms in total. The van der Waals surface area contributed by atoms with Crippen LogP contribution >= 0.6 is 15.6 Å². The Bertz CT molecular complexity index is 1730. The van der Waals surface area contributed by atoms with E-state index in [1.54, 1.807) is 0 Å². The highest BCUT2D eigenvalue weighted by molar-refractivity contribution is 7.47. The van der Waals surface area contributed by atoms with Gasteiger partial charge in [0.1, 0.15) is 19.3 Å². The molecule has 0 saturated carbocycles. The lowest BCUT2D eigenvalue weighted by molar-refractivity contribution is -0.161. The number of carbonyl (C=O) groups is 4. The molecule has 0 spiro atoms. The molecule has 0 saturated heterocycles. The van der Waals surface area contributed by atoms with Crippen LogP contribution in [0.1, 0.15) is 331 Å². The smallest absolute Gasteiger partial charge is 0.462 e. The molecule has 0 aliphatic carbocycles. The van der Waals surface area contributed by atoms with Crippen LogP contribution in [-0.4, -0.2) is 96.7 Å². The first-order chi connectivity index (χ1) is 41.6. The summed E-state index contributed by atoms with van der Waals surface area (Å²) in [5, 5.41) is 10.6. The minimum atomic E-state index is -4.95. The molecule has 19 heteroatoms. The molecule has 0 aromatic rings. The summed E-state index contributed by atoms with van der Waals surface area (Å²) in [5.74, 6) is 0.828. The lowest BCUT2D eigenvalue weighted by atomic mass is 9.99. The van der Waals surface area contributed by atoms with E-state index in [1.807, 2.05) is 0 Å². The molecule has 0 aliphatic rings. The second kappa shape index (κ2) is 57.9. The summed E-state index contributed by atoms with van der Waals surface area (Å²) >= 11 is 0. The highest BCUT2D eigenvalue weighted by Gasteiger charge is 2.30. The normalized spacial score (nSPS) is 14.6. The SMILES string of the molecule is CCC(C)CCCCCCCCCCCCC(=O)O[C@H](COC(=O)CCCCCCCCCCCC(C)C)COP(=O)(O)OC[C@@H](O)COP(=O)(O)OC[C@@H](COC(=O)CCCCCCCCC(C)C)OC(=O)CCCCCCCCCCCC(C)C. The van der Waals surface area contributed by atoms with Crippen molar-refractivity contribution in [2.45, 2.75) is 350 Å². The van der Waals surface area contributed by atoms with Crippen molar-refractivity contribution in [2.24, 2.45) is 23.7 Å². The number of unbranched alkanes of at least 4 members (excludes halogenated alkanes) is 30. The van der Waals surface area contributed by atoms with Gasteiger partial charge in [-0.2, -0.15) is 0 Å². The van der Waals surface area contributed by atoms with E-state index in [-0.39, 0.29) is 25.7 Å². The Morgan fingerprint density at radius 3 is 0.816 bits per heavy atom. The van der Waals surface area contributed by atoms with Crippen molar-refractivity contribution in [1.82, 2.24) is 0 Å². The average Bonchev–Trinajstić information content (AvgIpc) is 3.60. The van der Waals surface area contributed by atoms with E-state index < -0.39 is 97.5 Å². The van der Waals surface area contributed by atoms with Crippen LogP contribution in [-0.2, 0) is 65.4 Å². The van der Waals surface area contributed by atoms with E-state index in [9.17, 15) is 43.2 Å². The van der Waals surface area contributed by atoms with Crippen LogP contribution in [0.25, 0.3) is 0 Å². The minimum absolute atomic E-state index is 0.104. The molecule has 0 amide bonds. The van der Waals surface area contributed by atoms with Crippen LogP contribution < -0.4 is 0 Å². The lowest BCUT2D eigenvalue weighted by Gasteiger charge is -2.21. The Hall–Kier alpha value is -1.94. The quantitative estimate of drug-likeness (QED) is 0.0222. The largest absolute Gasteiger partial charge is 0.472 e. The zero-order valence-corrected chi connectivity index (χ0v) is 58.4. The summed E-state index contributed by atoms with van der Waals surface area (Å²) < 4.78 is 68.2. The first-order valence-corrected chi connectivity index (χ1v) is 38.2. The number of hydrogen-bond donors (Lipinski definition) is 3. The standard InChI is InChI=1S/C68H132O17P2/c1-9-61(8)47-39-31-22-16-10-11-17-24-34-42-50-67(72)84-63(54-78-65(70)48-40-32-23-18-12-14-20-28-36-44-58(2)3)56-82-86(74,75)80-52-62(69)53-81-87(76,77)83-57-64(55-79-66(71)49-41-33-27-26-30-38-46-60(6)7)85-68(73)51-43-35-25-19-13-15-21-29-37-45-59(4)5/h58-64,69H,9-57H2,1-8H3,(H,74,75)(H,76,77)/t61?,62-,63-,64-/m1/s1. The minimum Gasteiger partial charge on any atom is -0.462 e. The molecule has 0 fully saturated rings. The van der Waals surface area contributed by atoms with Gasteiger partial charge < -0.3 is 33.8 Å². The highest BCUT2D eigenvalue weighted by Crippen LogP contribution is 2.45. The Kier molecular flexibility index (Phi) is 56.6. The van der Waals surface area contributed by atoms with E-state index in [0.29, 0.717) is 31.6 Å². The van der Waals surface area contributed by atoms with Gasteiger partial charge in [0.25, 0.3) is 0 Å². The molecule has 0 radical (unpaired) electrons. The molecule has 0 heterocycles. The molecule has 87 heavy (non-hydrogen) atoms. The van der Waals surface area contributed by atoms with Crippen molar-refractivity contribution < 1.29 is 80.2 Å². The fourth-order valence-electron chi connectivity index (χ4n) is 10.1. The van der Waals surface area contributed by atoms with E-state index >= 15 is 0 Å². The predicted molar refractivity (Wildman–Crippen MR) is 349 cm³/mol. The Balaban J connectivity index is 5.26. The van der Waals surface area contributed by atoms with Crippen LogP contribution in [0.5, 0.6) is 0 Å². The van der Waals surface area contributed by atoms with Crippen LogP contribution in [0.4, 0.5) is 0 Å². The number of hydrogen-bond acceptors (Lipinski definition) is 15. The van der Waals surface area contributed by atoms with Crippen LogP contribution in [0.2, 0.25) is 0 Å². The van der Waals surface area contributed by atoms with Gasteiger partial charge in [-0.1, -0.05) is 280 Å². The fourth-order valence-corrected chi connectivity index (χ4v) is 11.7. The van der Waals surface area contributed by atoms with E-state index in [2.05, 4.69) is 55.4 Å². The van der Waals surface area contributed by atoms with Gasteiger partial charge in [0.2, 0.25) is 0 Å². The number of ether oxygens (including phenoxy) is 4. The number of phosphoric ester groups is 2. The van der Waals surface area contributed by atoms with Gasteiger partial charge >= 0.3 is 39.5 Å².